The highest BCUT2D eigenvalue weighted by atomic mass is 35.5. The van der Waals surface area contributed by atoms with Crippen molar-refractivity contribution < 1.29 is 9.53 Å². The van der Waals surface area contributed by atoms with Gasteiger partial charge < -0.3 is 10.1 Å². The van der Waals surface area contributed by atoms with E-state index in [1.54, 1.807) is 30.3 Å². The van der Waals surface area contributed by atoms with Crippen molar-refractivity contribution in [2.75, 3.05) is 5.32 Å². The van der Waals surface area contributed by atoms with Gasteiger partial charge in [0.25, 0.3) is 5.91 Å². The number of carbonyl (C=O) groups excluding carboxylic acids is 1. The standard InChI is InChI=1S/C13H8ClNO2/c14-8-4-3-7-11-12(8)13(16)15-9-5-1-2-6-10(9)17-11/h1-7H,(H,15,16). The van der Waals surface area contributed by atoms with E-state index in [2.05, 4.69) is 5.32 Å². The molecule has 1 N–H and O–H groups in total. The van der Waals surface area contributed by atoms with Gasteiger partial charge in [-0.1, -0.05) is 29.8 Å². The number of benzene rings is 2. The molecule has 3 rings (SSSR count). The van der Waals surface area contributed by atoms with Gasteiger partial charge in [-0.25, -0.2) is 0 Å². The van der Waals surface area contributed by atoms with Crippen LogP contribution in [0.15, 0.2) is 42.5 Å². The summed E-state index contributed by atoms with van der Waals surface area (Å²) in [4.78, 5) is 12.0. The summed E-state index contributed by atoms with van der Waals surface area (Å²) in [5.74, 6) is 0.831. The molecule has 0 unspecified atom stereocenters. The van der Waals surface area contributed by atoms with Gasteiger partial charge in [0.05, 0.1) is 10.7 Å². The van der Waals surface area contributed by atoms with Crippen molar-refractivity contribution in [1.82, 2.24) is 0 Å². The molecule has 0 atom stereocenters. The van der Waals surface area contributed by atoms with Crippen molar-refractivity contribution in [3.8, 4) is 11.5 Å². The molecule has 2 aromatic carbocycles. The van der Waals surface area contributed by atoms with Crippen molar-refractivity contribution in [1.29, 1.82) is 0 Å². The normalized spacial score (nSPS) is 12.9. The van der Waals surface area contributed by atoms with Crippen molar-refractivity contribution in [3.05, 3.63) is 53.1 Å². The van der Waals surface area contributed by atoms with E-state index in [4.69, 9.17) is 16.3 Å². The number of carbonyl (C=O) groups is 1. The highest BCUT2D eigenvalue weighted by Gasteiger charge is 2.22. The number of hydrogen-bond donors (Lipinski definition) is 1. The van der Waals surface area contributed by atoms with Gasteiger partial charge in [0.15, 0.2) is 5.75 Å². The summed E-state index contributed by atoms with van der Waals surface area (Å²) in [7, 11) is 0. The SMILES string of the molecule is O=C1Nc2ccccc2Oc2cccc(Cl)c21. The van der Waals surface area contributed by atoms with Crippen LogP contribution < -0.4 is 10.1 Å². The molecule has 0 saturated heterocycles. The molecule has 1 heterocycles. The maximum absolute atomic E-state index is 12.0. The summed E-state index contributed by atoms with van der Waals surface area (Å²) in [6.07, 6.45) is 0. The number of fused-ring (bicyclic) bond motifs is 2. The predicted molar refractivity (Wildman–Crippen MR) is 65.9 cm³/mol. The molecule has 3 nitrogen and oxygen atoms in total. The molecule has 2 aromatic rings. The number of nitrogens with one attached hydrogen (secondary N) is 1. The highest BCUT2D eigenvalue weighted by Crippen LogP contribution is 2.37. The first kappa shape index (κ1) is 10.2. The number of halogens is 1. The number of anilines is 1. The zero-order chi connectivity index (χ0) is 11.8. The van der Waals surface area contributed by atoms with Crippen molar-refractivity contribution >= 4 is 23.2 Å². The molecule has 1 aliphatic rings. The topological polar surface area (TPSA) is 38.3 Å². The first-order valence-electron chi connectivity index (χ1n) is 5.12. The first-order chi connectivity index (χ1) is 8.25. The monoisotopic (exact) mass is 245 g/mol. The predicted octanol–water partition coefficient (Wildman–Crippen LogP) is 3.70. The molecule has 0 aliphatic carbocycles. The van der Waals surface area contributed by atoms with E-state index in [1.807, 2.05) is 12.1 Å². The highest BCUT2D eigenvalue weighted by molar-refractivity contribution is 6.35. The van der Waals surface area contributed by atoms with Gasteiger partial charge >= 0.3 is 0 Å². The maximum atomic E-state index is 12.0. The van der Waals surface area contributed by atoms with Gasteiger partial charge in [0.2, 0.25) is 0 Å². The molecule has 0 spiro atoms. The first-order valence-corrected chi connectivity index (χ1v) is 5.50. The molecule has 84 valence electrons. The van der Waals surface area contributed by atoms with Crippen LogP contribution in [-0.4, -0.2) is 5.91 Å². The Bertz CT molecular complexity index is 610. The van der Waals surface area contributed by atoms with Crippen LogP contribution in [0.4, 0.5) is 5.69 Å². The fourth-order valence-electron chi connectivity index (χ4n) is 1.77. The van der Waals surface area contributed by atoms with Gasteiger partial charge in [-0.15, -0.1) is 0 Å². The van der Waals surface area contributed by atoms with Crippen LogP contribution in [-0.2, 0) is 0 Å². The minimum Gasteiger partial charge on any atom is -0.454 e. The second-order valence-corrected chi connectivity index (χ2v) is 4.07. The Morgan fingerprint density at radius 2 is 1.76 bits per heavy atom. The van der Waals surface area contributed by atoms with Gasteiger partial charge in [-0.05, 0) is 24.3 Å². The molecular weight excluding hydrogens is 238 g/mol. The second kappa shape index (κ2) is 3.79. The number of ether oxygens (including phenoxy) is 1. The summed E-state index contributed by atoms with van der Waals surface area (Å²) in [6, 6.07) is 12.4. The Morgan fingerprint density at radius 3 is 2.65 bits per heavy atom. The number of hydrogen-bond acceptors (Lipinski definition) is 2. The Morgan fingerprint density at radius 1 is 1.00 bits per heavy atom. The molecule has 0 saturated carbocycles. The van der Waals surface area contributed by atoms with Gasteiger partial charge in [-0.2, -0.15) is 0 Å². The minimum atomic E-state index is -0.254. The summed E-state index contributed by atoms with van der Waals surface area (Å²) in [5.41, 5.74) is 1.01. The Balaban J connectivity index is 2.21. The van der Waals surface area contributed by atoms with E-state index >= 15 is 0 Å². The van der Waals surface area contributed by atoms with Crippen LogP contribution in [0.5, 0.6) is 11.5 Å². The average Bonchev–Trinajstić information content (AvgIpc) is 2.45. The molecule has 0 bridgehead atoms. The Labute approximate surface area is 103 Å². The number of amides is 1. The molecular formula is C13H8ClNO2. The lowest BCUT2D eigenvalue weighted by atomic mass is 10.2. The smallest absolute Gasteiger partial charge is 0.261 e. The molecule has 0 radical (unpaired) electrons. The lowest BCUT2D eigenvalue weighted by Crippen LogP contribution is -2.10. The van der Waals surface area contributed by atoms with Gasteiger partial charge in [0.1, 0.15) is 11.3 Å². The van der Waals surface area contributed by atoms with Crippen molar-refractivity contribution in [3.63, 3.8) is 0 Å². The van der Waals surface area contributed by atoms with Gasteiger partial charge in [-0.3, -0.25) is 4.79 Å². The zero-order valence-electron chi connectivity index (χ0n) is 8.74. The van der Waals surface area contributed by atoms with Gasteiger partial charge in [0, 0.05) is 0 Å². The lowest BCUT2D eigenvalue weighted by molar-refractivity contribution is 0.102. The third-order valence-corrected chi connectivity index (χ3v) is 2.87. The molecule has 1 aliphatic heterocycles. The van der Waals surface area contributed by atoms with Crippen LogP contribution >= 0.6 is 11.6 Å². The Hall–Kier alpha value is -2.00. The molecule has 17 heavy (non-hydrogen) atoms. The van der Waals surface area contributed by atoms with E-state index in [0.29, 0.717) is 27.8 Å². The van der Waals surface area contributed by atoms with Crippen molar-refractivity contribution in [2.24, 2.45) is 0 Å². The van der Waals surface area contributed by atoms with Crippen LogP contribution in [0.1, 0.15) is 10.4 Å². The number of rotatable bonds is 0. The minimum absolute atomic E-state index is 0.254. The van der Waals surface area contributed by atoms with Crippen LogP contribution in [0.3, 0.4) is 0 Å². The van der Waals surface area contributed by atoms with E-state index in [1.165, 1.54) is 0 Å². The van der Waals surface area contributed by atoms with E-state index in [-0.39, 0.29) is 5.91 Å². The summed E-state index contributed by atoms with van der Waals surface area (Å²) < 4.78 is 5.69. The average molecular weight is 246 g/mol. The second-order valence-electron chi connectivity index (χ2n) is 3.67. The molecule has 0 aromatic heterocycles. The summed E-state index contributed by atoms with van der Waals surface area (Å²) in [6.45, 7) is 0. The third-order valence-electron chi connectivity index (χ3n) is 2.56. The van der Waals surface area contributed by atoms with E-state index in [0.717, 1.165) is 0 Å². The zero-order valence-corrected chi connectivity index (χ0v) is 9.49. The van der Waals surface area contributed by atoms with Crippen LogP contribution in [0.2, 0.25) is 5.02 Å². The molecule has 4 heteroatoms. The van der Waals surface area contributed by atoms with Crippen LogP contribution in [0, 0.1) is 0 Å². The summed E-state index contributed by atoms with van der Waals surface area (Å²) in [5, 5.41) is 3.15. The summed E-state index contributed by atoms with van der Waals surface area (Å²) >= 11 is 6.01. The van der Waals surface area contributed by atoms with E-state index in [9.17, 15) is 4.79 Å². The number of para-hydroxylation sites is 2. The fourth-order valence-corrected chi connectivity index (χ4v) is 2.02. The van der Waals surface area contributed by atoms with Crippen LogP contribution in [0.25, 0.3) is 0 Å². The fraction of sp³-hybridized carbons (Fsp3) is 0. The quantitative estimate of drug-likeness (QED) is 0.769. The third kappa shape index (κ3) is 1.65. The van der Waals surface area contributed by atoms with Crippen molar-refractivity contribution in [2.45, 2.75) is 0 Å². The molecule has 1 amide bonds. The largest absolute Gasteiger partial charge is 0.454 e. The Kier molecular flexibility index (Phi) is 2.27. The maximum Gasteiger partial charge on any atom is 0.261 e. The lowest BCUT2D eigenvalue weighted by Gasteiger charge is -2.06. The van der Waals surface area contributed by atoms with E-state index < -0.39 is 0 Å². The molecule has 0 fully saturated rings.